The summed E-state index contributed by atoms with van der Waals surface area (Å²) in [6.45, 7) is 2.79. The van der Waals surface area contributed by atoms with Crippen molar-refractivity contribution in [2.75, 3.05) is 13.1 Å². The minimum Gasteiger partial charge on any atom is -0.478 e. The van der Waals surface area contributed by atoms with E-state index in [0.717, 1.165) is 18.4 Å². The van der Waals surface area contributed by atoms with Gasteiger partial charge in [-0.2, -0.15) is 0 Å². The number of ether oxygens (including phenoxy) is 1. The Kier molecular flexibility index (Phi) is 5.11. The molecule has 1 aliphatic carbocycles. The van der Waals surface area contributed by atoms with E-state index in [0.29, 0.717) is 44.0 Å². The molecule has 1 amide bonds. The number of benzene rings is 1. The second-order valence-corrected chi connectivity index (χ2v) is 7.07. The Morgan fingerprint density at radius 2 is 2.08 bits per heavy atom. The summed E-state index contributed by atoms with van der Waals surface area (Å²) in [5.41, 5.74) is -0.229. The van der Waals surface area contributed by atoms with Crippen molar-refractivity contribution in [2.24, 2.45) is 5.92 Å². The summed E-state index contributed by atoms with van der Waals surface area (Å²) in [6, 6.07) is 7.42. The van der Waals surface area contributed by atoms with Gasteiger partial charge in [0.1, 0.15) is 5.75 Å². The molecular formula is C20H25NO4. The topological polar surface area (TPSA) is 66.8 Å². The second-order valence-electron chi connectivity index (χ2n) is 7.07. The Morgan fingerprint density at radius 1 is 1.32 bits per heavy atom. The monoisotopic (exact) mass is 343 g/mol. The number of aliphatic carboxylic acids is 1. The zero-order valence-electron chi connectivity index (χ0n) is 14.6. The molecule has 0 aromatic heterocycles. The number of hydrogen-bond acceptors (Lipinski definition) is 3. The maximum Gasteiger partial charge on any atom is 0.348 e. The number of carbonyl (C=O) groups is 2. The predicted octanol–water partition coefficient (Wildman–Crippen LogP) is 3.18. The smallest absolute Gasteiger partial charge is 0.348 e. The van der Waals surface area contributed by atoms with Crippen molar-refractivity contribution >= 4 is 11.9 Å². The lowest BCUT2D eigenvalue weighted by atomic mass is 9.90. The third kappa shape index (κ3) is 4.03. The first kappa shape index (κ1) is 17.5. The van der Waals surface area contributed by atoms with Gasteiger partial charge in [0.05, 0.1) is 0 Å². The van der Waals surface area contributed by atoms with Gasteiger partial charge in [0.2, 0.25) is 11.5 Å². The van der Waals surface area contributed by atoms with E-state index in [1.54, 1.807) is 11.0 Å². The fourth-order valence-corrected chi connectivity index (χ4v) is 3.60. The van der Waals surface area contributed by atoms with Crippen LogP contribution in [-0.4, -0.2) is 40.6 Å². The Bertz CT molecular complexity index is 674. The molecule has 25 heavy (non-hydrogen) atoms. The molecule has 1 aliphatic heterocycles. The molecule has 1 saturated heterocycles. The van der Waals surface area contributed by atoms with E-state index in [-0.39, 0.29) is 5.91 Å². The molecule has 1 fully saturated rings. The van der Waals surface area contributed by atoms with Crippen molar-refractivity contribution in [1.82, 2.24) is 4.90 Å². The molecule has 134 valence electrons. The van der Waals surface area contributed by atoms with E-state index in [9.17, 15) is 14.7 Å². The predicted molar refractivity (Wildman–Crippen MR) is 94.5 cm³/mol. The summed E-state index contributed by atoms with van der Waals surface area (Å²) in [7, 11) is 0. The summed E-state index contributed by atoms with van der Waals surface area (Å²) in [5, 5.41) is 9.74. The van der Waals surface area contributed by atoms with Crippen molar-refractivity contribution in [3.8, 4) is 5.75 Å². The molecule has 1 N–H and O–H groups in total. The van der Waals surface area contributed by atoms with Crippen LogP contribution >= 0.6 is 0 Å². The lowest BCUT2D eigenvalue weighted by molar-refractivity contribution is -0.162. The Hall–Kier alpha value is -2.30. The largest absolute Gasteiger partial charge is 0.478 e. The lowest BCUT2D eigenvalue weighted by Crippen LogP contribution is -2.54. The molecule has 1 atom stereocenters. The zero-order valence-corrected chi connectivity index (χ0v) is 14.6. The van der Waals surface area contributed by atoms with Crippen molar-refractivity contribution in [2.45, 2.75) is 44.6 Å². The Balaban J connectivity index is 1.63. The average molecular weight is 343 g/mol. The van der Waals surface area contributed by atoms with E-state index >= 15 is 0 Å². The van der Waals surface area contributed by atoms with Crippen LogP contribution < -0.4 is 4.74 Å². The number of piperidine rings is 1. The molecular weight excluding hydrogens is 318 g/mol. The third-order valence-corrected chi connectivity index (χ3v) is 5.17. The SMILES string of the molecule is Cc1cccc(OC2(C(=O)O)CCN(C(=O)C[C@H]3C=CCC3)CC2)c1. The standard InChI is InChI=1S/C20H25NO4/c1-15-5-4-8-17(13-15)25-20(19(23)24)9-11-21(12-10-20)18(22)14-16-6-2-3-7-16/h2,4-6,8,13,16H,3,7,9-12,14H2,1H3,(H,23,24)/t16-/m0/s1. The van der Waals surface area contributed by atoms with Crippen LogP contribution in [-0.2, 0) is 9.59 Å². The first-order chi connectivity index (χ1) is 12.0. The highest BCUT2D eigenvalue weighted by Crippen LogP contribution is 2.31. The number of carbonyl (C=O) groups excluding carboxylic acids is 1. The summed E-state index contributed by atoms with van der Waals surface area (Å²) >= 11 is 0. The van der Waals surface area contributed by atoms with Crippen LogP contribution in [0.2, 0.25) is 0 Å². The van der Waals surface area contributed by atoms with Gasteiger partial charge in [-0.3, -0.25) is 4.79 Å². The van der Waals surface area contributed by atoms with Crippen LogP contribution in [0.15, 0.2) is 36.4 Å². The number of carboxylic acids is 1. The fourth-order valence-electron chi connectivity index (χ4n) is 3.60. The summed E-state index contributed by atoms with van der Waals surface area (Å²) < 4.78 is 5.90. The van der Waals surface area contributed by atoms with Gasteiger partial charge in [-0.25, -0.2) is 4.79 Å². The van der Waals surface area contributed by atoms with Gasteiger partial charge < -0.3 is 14.7 Å². The number of hydrogen-bond donors (Lipinski definition) is 1. The molecule has 5 nitrogen and oxygen atoms in total. The number of carboxylic acid groups (broad SMARTS) is 1. The van der Waals surface area contributed by atoms with Crippen LogP contribution in [0.3, 0.4) is 0 Å². The lowest BCUT2D eigenvalue weighted by Gasteiger charge is -2.39. The van der Waals surface area contributed by atoms with Gasteiger partial charge in [0, 0.05) is 32.4 Å². The molecule has 0 unspecified atom stereocenters. The molecule has 5 heteroatoms. The molecule has 0 spiro atoms. The highest BCUT2D eigenvalue weighted by atomic mass is 16.5. The maximum atomic E-state index is 12.4. The van der Waals surface area contributed by atoms with Crippen LogP contribution in [0.1, 0.15) is 37.7 Å². The molecule has 1 aromatic rings. The number of amides is 1. The van der Waals surface area contributed by atoms with Gasteiger partial charge >= 0.3 is 5.97 Å². The zero-order chi connectivity index (χ0) is 17.9. The van der Waals surface area contributed by atoms with Gasteiger partial charge in [-0.15, -0.1) is 0 Å². The van der Waals surface area contributed by atoms with Crippen LogP contribution in [0, 0.1) is 12.8 Å². The minimum absolute atomic E-state index is 0.117. The summed E-state index contributed by atoms with van der Waals surface area (Å²) in [6.07, 6.45) is 7.46. The molecule has 2 aliphatic rings. The van der Waals surface area contributed by atoms with Crippen LogP contribution in [0.5, 0.6) is 5.75 Å². The van der Waals surface area contributed by atoms with Crippen molar-refractivity contribution in [3.05, 3.63) is 42.0 Å². The van der Waals surface area contributed by atoms with E-state index in [1.165, 1.54) is 0 Å². The normalized spacial score (nSPS) is 22.0. The third-order valence-electron chi connectivity index (χ3n) is 5.17. The molecule has 3 rings (SSSR count). The highest BCUT2D eigenvalue weighted by molar-refractivity contribution is 5.80. The van der Waals surface area contributed by atoms with Crippen molar-refractivity contribution < 1.29 is 19.4 Å². The average Bonchev–Trinajstić information content (AvgIpc) is 3.08. The van der Waals surface area contributed by atoms with Crippen molar-refractivity contribution in [3.63, 3.8) is 0 Å². The highest BCUT2D eigenvalue weighted by Gasteiger charge is 2.45. The number of likely N-dealkylation sites (tertiary alicyclic amines) is 1. The van der Waals surface area contributed by atoms with Crippen molar-refractivity contribution in [1.29, 1.82) is 0 Å². The van der Waals surface area contributed by atoms with E-state index in [4.69, 9.17) is 4.74 Å². The molecule has 1 aromatic carbocycles. The molecule has 1 heterocycles. The van der Waals surface area contributed by atoms with Gasteiger partial charge in [-0.1, -0.05) is 24.3 Å². The first-order valence-corrected chi connectivity index (χ1v) is 8.92. The summed E-state index contributed by atoms with van der Waals surface area (Å²) in [5.74, 6) is 0.0615. The number of allylic oxidation sites excluding steroid dienone is 2. The summed E-state index contributed by atoms with van der Waals surface area (Å²) in [4.78, 5) is 26.1. The molecule has 0 radical (unpaired) electrons. The van der Waals surface area contributed by atoms with Gasteiger partial charge in [0.15, 0.2) is 0 Å². The van der Waals surface area contributed by atoms with Gasteiger partial charge in [0.25, 0.3) is 0 Å². The number of aryl methyl sites for hydroxylation is 1. The molecule has 0 bridgehead atoms. The first-order valence-electron chi connectivity index (χ1n) is 8.92. The fraction of sp³-hybridized carbons (Fsp3) is 0.500. The minimum atomic E-state index is -1.25. The molecule has 0 saturated carbocycles. The quantitative estimate of drug-likeness (QED) is 0.834. The van der Waals surface area contributed by atoms with E-state index < -0.39 is 11.6 Å². The Morgan fingerprint density at radius 3 is 2.68 bits per heavy atom. The van der Waals surface area contributed by atoms with E-state index in [2.05, 4.69) is 12.2 Å². The van der Waals surface area contributed by atoms with E-state index in [1.807, 2.05) is 25.1 Å². The number of nitrogens with zero attached hydrogens (tertiary/aromatic N) is 1. The Labute approximate surface area is 148 Å². The maximum absolute atomic E-state index is 12.4. The second kappa shape index (κ2) is 7.30. The van der Waals surface area contributed by atoms with Crippen LogP contribution in [0.4, 0.5) is 0 Å². The van der Waals surface area contributed by atoms with Crippen LogP contribution in [0.25, 0.3) is 0 Å². The number of rotatable bonds is 5. The van der Waals surface area contributed by atoms with Gasteiger partial charge in [-0.05, 0) is 43.4 Å².